The molecule has 15 nitrogen and oxygen atoms in total. The summed E-state index contributed by atoms with van der Waals surface area (Å²) in [7, 11) is -4.73. The third kappa shape index (κ3) is 6.36. The maximum absolute atomic E-state index is 14.1. The summed E-state index contributed by atoms with van der Waals surface area (Å²) < 4.78 is 46.3. The molecule has 0 fully saturated rings. The summed E-state index contributed by atoms with van der Waals surface area (Å²) in [6, 6.07) is 11.7. The maximum Gasteiger partial charge on any atom is 0.414 e. The van der Waals surface area contributed by atoms with E-state index in [-0.39, 0.29) is 42.5 Å². The summed E-state index contributed by atoms with van der Waals surface area (Å²) in [5.74, 6) is -0.851. The highest BCUT2D eigenvalue weighted by Crippen LogP contribution is 2.45. The van der Waals surface area contributed by atoms with Crippen molar-refractivity contribution in [1.82, 2.24) is 4.98 Å². The molecule has 0 radical (unpaired) electrons. The molecule has 3 aliphatic rings. The number of aromatic amines is 1. The Kier molecular flexibility index (Phi) is 8.25. The van der Waals surface area contributed by atoms with E-state index >= 15 is 0 Å². The van der Waals surface area contributed by atoms with Crippen LogP contribution >= 0.6 is 0 Å². The predicted octanol–water partition coefficient (Wildman–Crippen LogP) is 4.95. The number of carbonyl (C=O) groups excluding carboxylic acids is 3. The molecule has 4 aromatic rings. The van der Waals surface area contributed by atoms with Gasteiger partial charge < -0.3 is 24.7 Å². The monoisotopic (exact) mass is 717 g/mol. The Bertz CT molecular complexity index is 2240. The van der Waals surface area contributed by atoms with Gasteiger partial charge in [-0.3, -0.25) is 24.4 Å². The number of hydrogen-bond acceptors (Lipinski definition) is 10. The van der Waals surface area contributed by atoms with Gasteiger partial charge in [0.05, 0.1) is 22.9 Å². The van der Waals surface area contributed by atoms with Gasteiger partial charge in [-0.2, -0.15) is 8.42 Å². The lowest BCUT2D eigenvalue weighted by atomic mass is 10.00. The van der Waals surface area contributed by atoms with Crippen LogP contribution in [0.15, 0.2) is 53.4 Å². The number of benzene rings is 3. The molecule has 3 N–H and O–H groups in total. The number of ether oxygens (including phenoxy) is 2. The van der Waals surface area contributed by atoms with Gasteiger partial charge in [-0.25, -0.2) is 9.59 Å². The lowest BCUT2D eigenvalue weighted by Gasteiger charge is -2.25. The minimum Gasteiger partial charge on any atom is -0.461 e. The Hall–Kier alpha value is -5.48. The van der Waals surface area contributed by atoms with Crippen LogP contribution in [0.3, 0.4) is 0 Å². The molecule has 1 atom stereocenters. The van der Waals surface area contributed by atoms with Gasteiger partial charge in [-0.05, 0) is 80.1 Å². The third-order valence-electron chi connectivity index (χ3n) is 9.31. The van der Waals surface area contributed by atoms with E-state index in [1.807, 2.05) is 0 Å². The SMILES string of the molecule is CC(C)(C)OC(=O)N1CCc2c1cc(S(=O)(=O)O)c1c2CC(C(=O)N2CCc3c2ccc2[nH]c(C(=O)OCCc4ccc([N+](=O)[O-])cc4)cc32)N1. The minimum atomic E-state index is -4.73. The van der Waals surface area contributed by atoms with Crippen molar-refractivity contribution in [2.45, 2.75) is 63.0 Å². The summed E-state index contributed by atoms with van der Waals surface area (Å²) in [6.45, 7) is 5.88. The highest BCUT2D eigenvalue weighted by atomic mass is 32.2. The average molecular weight is 718 g/mol. The van der Waals surface area contributed by atoms with E-state index in [1.165, 1.54) is 23.1 Å². The van der Waals surface area contributed by atoms with Gasteiger partial charge in [0.25, 0.3) is 15.8 Å². The lowest BCUT2D eigenvalue weighted by molar-refractivity contribution is -0.384. The highest BCUT2D eigenvalue weighted by Gasteiger charge is 2.41. The topological polar surface area (TPSA) is 201 Å². The number of esters is 1. The molecule has 0 aliphatic carbocycles. The number of anilines is 3. The number of non-ortho nitro benzene ring substituents is 1. The van der Waals surface area contributed by atoms with E-state index < -0.39 is 43.6 Å². The zero-order chi connectivity index (χ0) is 36.4. The van der Waals surface area contributed by atoms with Crippen LogP contribution in [-0.2, 0) is 50.1 Å². The zero-order valence-electron chi connectivity index (χ0n) is 28.0. The molecule has 266 valence electrons. The molecule has 1 unspecified atom stereocenters. The number of amides is 2. The first-order valence-corrected chi connectivity index (χ1v) is 17.8. The first-order chi connectivity index (χ1) is 24.1. The molecule has 0 saturated heterocycles. The second-order valence-corrected chi connectivity index (χ2v) is 15.1. The fourth-order valence-corrected chi connectivity index (χ4v) is 7.74. The summed E-state index contributed by atoms with van der Waals surface area (Å²) in [5.41, 5.74) is 4.21. The molecule has 1 aromatic heterocycles. The summed E-state index contributed by atoms with van der Waals surface area (Å²) in [4.78, 5) is 56.0. The highest BCUT2D eigenvalue weighted by molar-refractivity contribution is 7.86. The van der Waals surface area contributed by atoms with E-state index in [0.717, 1.165) is 16.5 Å². The lowest BCUT2D eigenvalue weighted by Crippen LogP contribution is -2.41. The molecular formula is C35H35N5O10S. The van der Waals surface area contributed by atoms with Gasteiger partial charge >= 0.3 is 12.1 Å². The molecule has 3 aliphatic heterocycles. The number of nitro benzene ring substituents is 1. The zero-order valence-corrected chi connectivity index (χ0v) is 28.8. The molecule has 16 heteroatoms. The summed E-state index contributed by atoms with van der Waals surface area (Å²) in [6.07, 6.45) is 0.832. The third-order valence-corrected chi connectivity index (χ3v) is 10.2. The number of fused-ring (bicyclic) bond motifs is 6. The van der Waals surface area contributed by atoms with Gasteiger partial charge in [0, 0.05) is 54.7 Å². The summed E-state index contributed by atoms with van der Waals surface area (Å²) in [5, 5.41) is 14.7. The molecule has 3 aromatic carbocycles. The number of nitro groups is 1. The normalized spacial score (nSPS) is 16.4. The Morgan fingerprint density at radius 1 is 0.980 bits per heavy atom. The van der Waals surface area contributed by atoms with Crippen molar-refractivity contribution in [2.24, 2.45) is 0 Å². The van der Waals surface area contributed by atoms with Crippen LogP contribution in [0.2, 0.25) is 0 Å². The molecule has 4 heterocycles. The number of carbonyl (C=O) groups is 3. The van der Waals surface area contributed by atoms with Crippen LogP contribution in [0, 0.1) is 10.1 Å². The maximum atomic E-state index is 14.1. The van der Waals surface area contributed by atoms with Crippen LogP contribution in [0.4, 0.5) is 27.5 Å². The molecule has 7 rings (SSSR count). The van der Waals surface area contributed by atoms with Gasteiger partial charge in [0.2, 0.25) is 5.91 Å². The Labute approximate surface area is 292 Å². The van der Waals surface area contributed by atoms with Gasteiger partial charge in [-0.15, -0.1) is 0 Å². The van der Waals surface area contributed by atoms with Crippen molar-refractivity contribution < 1.29 is 41.8 Å². The van der Waals surface area contributed by atoms with Crippen LogP contribution in [-0.4, -0.2) is 72.2 Å². The number of nitrogens with zero attached hydrogens (tertiary/aromatic N) is 3. The van der Waals surface area contributed by atoms with Crippen molar-refractivity contribution in [3.8, 4) is 0 Å². The average Bonchev–Trinajstić information content (AvgIpc) is 3.86. The van der Waals surface area contributed by atoms with Crippen LogP contribution in [0.1, 0.15) is 53.5 Å². The molecule has 51 heavy (non-hydrogen) atoms. The van der Waals surface area contributed by atoms with Crippen molar-refractivity contribution in [1.29, 1.82) is 0 Å². The van der Waals surface area contributed by atoms with Crippen molar-refractivity contribution in [3.63, 3.8) is 0 Å². The first kappa shape index (κ1) is 34.0. The summed E-state index contributed by atoms with van der Waals surface area (Å²) >= 11 is 0. The largest absolute Gasteiger partial charge is 0.461 e. The molecule has 0 saturated carbocycles. The van der Waals surface area contributed by atoms with E-state index in [2.05, 4.69) is 10.3 Å². The van der Waals surface area contributed by atoms with Crippen molar-refractivity contribution >= 4 is 61.7 Å². The smallest absolute Gasteiger partial charge is 0.414 e. The van der Waals surface area contributed by atoms with Crippen LogP contribution in [0.5, 0.6) is 0 Å². The Morgan fingerprint density at radius 3 is 2.37 bits per heavy atom. The number of H-pyrrole nitrogens is 1. The second kappa shape index (κ2) is 12.4. The number of nitrogens with one attached hydrogen (secondary N) is 2. The van der Waals surface area contributed by atoms with Gasteiger partial charge in [-0.1, -0.05) is 12.1 Å². The van der Waals surface area contributed by atoms with E-state index in [0.29, 0.717) is 53.8 Å². The molecule has 0 bridgehead atoms. The minimum absolute atomic E-state index is 0.0196. The van der Waals surface area contributed by atoms with E-state index in [1.54, 1.807) is 56.0 Å². The van der Waals surface area contributed by atoms with Crippen LogP contribution < -0.4 is 15.1 Å². The Morgan fingerprint density at radius 2 is 1.69 bits per heavy atom. The number of rotatable bonds is 7. The quantitative estimate of drug-likeness (QED) is 0.101. The first-order valence-electron chi connectivity index (χ1n) is 16.4. The van der Waals surface area contributed by atoms with Crippen molar-refractivity contribution in [3.05, 3.63) is 86.6 Å². The van der Waals surface area contributed by atoms with Gasteiger partial charge in [0.1, 0.15) is 22.2 Å². The molecule has 2 amide bonds. The molecular weight excluding hydrogens is 682 g/mol. The fraction of sp³-hybridized carbons (Fsp3) is 0.343. The number of aromatic nitrogens is 1. The van der Waals surface area contributed by atoms with E-state index in [9.17, 15) is 37.5 Å². The molecule has 0 spiro atoms. The predicted molar refractivity (Wildman–Crippen MR) is 186 cm³/mol. The second-order valence-electron chi connectivity index (χ2n) is 13.7. The standard InChI is InChI=1S/C35H35N5O10S/c1-35(2,3)50-34(43)39-14-11-22-24-17-26(37-31(24)30(18-29(22)39)51(46,47)48)32(41)38-13-10-21-23-16-27(36-25(23)8-9-28(21)38)33(42)49-15-12-19-4-6-20(7-5-19)40(44)45/h4-9,16,18,26,36-37H,10-15,17H2,1-3H3,(H,46,47,48). The number of hydrogen-bond donors (Lipinski definition) is 3. The van der Waals surface area contributed by atoms with Crippen LogP contribution in [0.25, 0.3) is 10.9 Å². The van der Waals surface area contributed by atoms with E-state index in [4.69, 9.17) is 9.47 Å². The van der Waals surface area contributed by atoms with Gasteiger partial charge in [0.15, 0.2) is 0 Å². The van der Waals surface area contributed by atoms with Crippen molar-refractivity contribution in [2.75, 3.05) is 34.8 Å². The fourth-order valence-electron chi connectivity index (χ4n) is 7.04. The Balaban J connectivity index is 1.08.